The van der Waals surface area contributed by atoms with E-state index < -0.39 is 0 Å². The predicted octanol–water partition coefficient (Wildman–Crippen LogP) is 2.53. The smallest absolute Gasteiger partial charge is 0.226 e. The normalized spacial score (nSPS) is 13.0. The van der Waals surface area contributed by atoms with E-state index in [1.54, 1.807) is 6.07 Å². The molecule has 0 spiro atoms. The summed E-state index contributed by atoms with van der Waals surface area (Å²) in [5.41, 5.74) is 1.37. The molecule has 0 aliphatic rings. The molecule has 0 fully saturated rings. The summed E-state index contributed by atoms with van der Waals surface area (Å²) in [6.07, 6.45) is 0. The number of hydrogen-bond acceptors (Lipinski definition) is 4. The Bertz CT molecular complexity index is 440. The number of nitriles is 1. The van der Waals surface area contributed by atoms with Crippen LogP contribution in [-0.4, -0.2) is 23.1 Å². The first kappa shape index (κ1) is 13.4. The van der Waals surface area contributed by atoms with E-state index in [1.807, 2.05) is 18.9 Å². The first-order valence-electron chi connectivity index (χ1n) is 5.74. The van der Waals surface area contributed by atoms with Crippen molar-refractivity contribution in [2.75, 3.05) is 11.9 Å². The van der Waals surface area contributed by atoms with Crippen molar-refractivity contribution in [1.29, 1.82) is 5.26 Å². The van der Waals surface area contributed by atoms with Gasteiger partial charge in [0, 0.05) is 18.8 Å². The molecule has 0 aliphatic carbocycles. The predicted molar refractivity (Wildman–Crippen MR) is 68.8 cm³/mol. The summed E-state index contributed by atoms with van der Waals surface area (Å²) in [5, 5.41) is 8.91. The van der Waals surface area contributed by atoms with Gasteiger partial charge in [0.1, 0.15) is 11.8 Å². The van der Waals surface area contributed by atoms with Crippen molar-refractivity contribution in [3.8, 4) is 6.07 Å². The Labute approximate surface area is 103 Å². The Hall–Kier alpha value is -1.63. The fraction of sp³-hybridized carbons (Fsp3) is 0.615. The van der Waals surface area contributed by atoms with Crippen LogP contribution in [0.2, 0.25) is 0 Å². The van der Waals surface area contributed by atoms with Gasteiger partial charge in [0.2, 0.25) is 5.95 Å². The van der Waals surface area contributed by atoms with Crippen LogP contribution in [0.3, 0.4) is 0 Å². The molecule has 1 aromatic rings. The van der Waals surface area contributed by atoms with Crippen LogP contribution in [0.15, 0.2) is 6.07 Å². The van der Waals surface area contributed by atoms with Crippen LogP contribution in [0, 0.1) is 23.7 Å². The monoisotopic (exact) mass is 232 g/mol. The summed E-state index contributed by atoms with van der Waals surface area (Å²) in [7, 11) is 1.96. The molecule has 1 unspecified atom stereocenters. The minimum Gasteiger partial charge on any atom is -0.341 e. The number of hydrogen-bond donors (Lipinski definition) is 0. The number of anilines is 1. The van der Waals surface area contributed by atoms with E-state index in [4.69, 9.17) is 5.26 Å². The molecule has 1 heterocycles. The van der Waals surface area contributed by atoms with E-state index >= 15 is 0 Å². The SMILES string of the molecule is Cc1cc(C#N)nc(N(C)C(C)C(C)(C)C)n1. The van der Waals surface area contributed by atoms with Gasteiger partial charge in [-0.3, -0.25) is 0 Å². The zero-order valence-electron chi connectivity index (χ0n) is 11.4. The van der Waals surface area contributed by atoms with Crippen molar-refractivity contribution >= 4 is 5.95 Å². The van der Waals surface area contributed by atoms with Gasteiger partial charge in [-0.1, -0.05) is 20.8 Å². The summed E-state index contributed by atoms with van der Waals surface area (Å²) >= 11 is 0. The van der Waals surface area contributed by atoms with Crippen LogP contribution < -0.4 is 4.90 Å². The lowest BCUT2D eigenvalue weighted by Gasteiger charge is -2.35. The van der Waals surface area contributed by atoms with Crippen molar-refractivity contribution in [2.24, 2.45) is 5.41 Å². The van der Waals surface area contributed by atoms with E-state index in [9.17, 15) is 0 Å². The Morgan fingerprint density at radius 2 is 1.94 bits per heavy atom. The number of nitrogens with zero attached hydrogens (tertiary/aromatic N) is 4. The highest BCUT2D eigenvalue weighted by Crippen LogP contribution is 2.25. The second kappa shape index (κ2) is 4.70. The van der Waals surface area contributed by atoms with Gasteiger partial charge < -0.3 is 4.90 Å². The van der Waals surface area contributed by atoms with Gasteiger partial charge in [-0.25, -0.2) is 9.97 Å². The number of aromatic nitrogens is 2. The minimum atomic E-state index is 0.134. The van der Waals surface area contributed by atoms with E-state index in [0.717, 1.165) is 5.69 Å². The average molecular weight is 232 g/mol. The largest absolute Gasteiger partial charge is 0.341 e. The summed E-state index contributed by atoms with van der Waals surface area (Å²) in [6, 6.07) is 4.04. The fourth-order valence-electron chi connectivity index (χ4n) is 1.52. The fourth-order valence-corrected chi connectivity index (χ4v) is 1.52. The Kier molecular flexibility index (Phi) is 3.72. The average Bonchev–Trinajstić information content (AvgIpc) is 2.24. The van der Waals surface area contributed by atoms with Crippen LogP contribution in [0.1, 0.15) is 39.1 Å². The van der Waals surface area contributed by atoms with Gasteiger partial charge in [0.15, 0.2) is 0 Å². The highest BCUT2D eigenvalue weighted by molar-refractivity contribution is 5.36. The van der Waals surface area contributed by atoms with Crippen molar-refractivity contribution in [3.63, 3.8) is 0 Å². The van der Waals surface area contributed by atoms with E-state index in [-0.39, 0.29) is 11.5 Å². The quantitative estimate of drug-likeness (QED) is 0.786. The number of rotatable bonds is 2. The molecule has 17 heavy (non-hydrogen) atoms. The van der Waals surface area contributed by atoms with Crippen molar-refractivity contribution in [1.82, 2.24) is 9.97 Å². The second-order valence-electron chi connectivity index (χ2n) is 5.46. The lowest BCUT2D eigenvalue weighted by atomic mass is 9.87. The van der Waals surface area contributed by atoms with Crippen LogP contribution in [0.25, 0.3) is 0 Å². The molecule has 92 valence electrons. The van der Waals surface area contributed by atoms with Gasteiger partial charge in [-0.2, -0.15) is 5.26 Å². The molecule has 4 heteroatoms. The maximum Gasteiger partial charge on any atom is 0.226 e. The molecular formula is C13H20N4. The van der Waals surface area contributed by atoms with Crippen molar-refractivity contribution in [3.05, 3.63) is 17.5 Å². The molecule has 0 aliphatic heterocycles. The lowest BCUT2D eigenvalue weighted by Crippen LogP contribution is -2.40. The highest BCUT2D eigenvalue weighted by atomic mass is 15.3. The molecule has 0 aromatic carbocycles. The van der Waals surface area contributed by atoms with Gasteiger partial charge in [-0.15, -0.1) is 0 Å². The molecule has 1 aromatic heterocycles. The topological polar surface area (TPSA) is 52.8 Å². The van der Waals surface area contributed by atoms with Gasteiger partial charge in [0.25, 0.3) is 0 Å². The van der Waals surface area contributed by atoms with Crippen LogP contribution >= 0.6 is 0 Å². The molecule has 0 bridgehead atoms. The van der Waals surface area contributed by atoms with E-state index in [2.05, 4.69) is 43.7 Å². The van der Waals surface area contributed by atoms with Crippen LogP contribution in [0.4, 0.5) is 5.95 Å². The Balaban J connectivity index is 3.09. The molecular weight excluding hydrogens is 212 g/mol. The first-order chi connectivity index (χ1) is 7.75. The maximum absolute atomic E-state index is 8.91. The third-order valence-corrected chi connectivity index (χ3v) is 3.11. The molecule has 0 radical (unpaired) electrons. The summed E-state index contributed by atoms with van der Waals surface area (Å²) in [4.78, 5) is 10.6. The Morgan fingerprint density at radius 1 is 1.35 bits per heavy atom. The van der Waals surface area contributed by atoms with Crippen molar-refractivity contribution < 1.29 is 0 Å². The second-order valence-corrected chi connectivity index (χ2v) is 5.46. The van der Waals surface area contributed by atoms with Gasteiger partial charge >= 0.3 is 0 Å². The first-order valence-corrected chi connectivity index (χ1v) is 5.74. The summed E-state index contributed by atoms with van der Waals surface area (Å²) in [6.45, 7) is 10.5. The summed E-state index contributed by atoms with van der Waals surface area (Å²) in [5.74, 6) is 0.615. The third kappa shape index (κ3) is 3.16. The lowest BCUT2D eigenvalue weighted by molar-refractivity contribution is 0.327. The van der Waals surface area contributed by atoms with E-state index in [0.29, 0.717) is 11.6 Å². The zero-order chi connectivity index (χ0) is 13.2. The molecule has 1 atom stereocenters. The minimum absolute atomic E-state index is 0.134. The molecule has 4 nitrogen and oxygen atoms in total. The molecule has 0 saturated carbocycles. The molecule has 1 rings (SSSR count). The Morgan fingerprint density at radius 3 is 2.41 bits per heavy atom. The van der Waals surface area contributed by atoms with Gasteiger partial charge in [-0.05, 0) is 25.3 Å². The summed E-state index contributed by atoms with van der Waals surface area (Å²) < 4.78 is 0. The highest BCUT2D eigenvalue weighted by Gasteiger charge is 2.25. The number of aryl methyl sites for hydroxylation is 1. The third-order valence-electron chi connectivity index (χ3n) is 3.11. The van der Waals surface area contributed by atoms with Crippen molar-refractivity contribution in [2.45, 2.75) is 40.7 Å². The van der Waals surface area contributed by atoms with E-state index in [1.165, 1.54) is 0 Å². The maximum atomic E-state index is 8.91. The standard InChI is InChI=1S/C13H20N4/c1-9-7-11(8-14)16-12(15-9)17(6)10(2)13(3,4)5/h7,10H,1-6H3. The molecule has 0 amide bonds. The zero-order valence-corrected chi connectivity index (χ0v) is 11.4. The molecule has 0 saturated heterocycles. The van der Waals surface area contributed by atoms with Crippen LogP contribution in [0.5, 0.6) is 0 Å². The van der Waals surface area contributed by atoms with Gasteiger partial charge in [0.05, 0.1) is 0 Å². The molecule has 0 N–H and O–H groups in total. The van der Waals surface area contributed by atoms with Crippen LogP contribution in [-0.2, 0) is 0 Å².